The number of nitrogens with one attached hydrogen (secondary N) is 1. The molecule has 3 rings (SSSR count). The molecule has 0 fully saturated rings. The zero-order chi connectivity index (χ0) is 22.3. The van der Waals surface area contributed by atoms with Crippen LogP contribution in [0, 0.1) is 12.7 Å². The van der Waals surface area contributed by atoms with Crippen molar-refractivity contribution in [2.24, 2.45) is 0 Å². The number of benzene rings is 2. The topological polar surface area (TPSA) is 75.7 Å². The molecule has 1 aliphatic heterocycles. The van der Waals surface area contributed by atoms with Gasteiger partial charge in [0.25, 0.3) is 0 Å². The summed E-state index contributed by atoms with van der Waals surface area (Å²) in [6.45, 7) is 7.27. The molecule has 0 aliphatic carbocycles. The van der Waals surface area contributed by atoms with E-state index in [1.54, 1.807) is 0 Å². The van der Waals surface area contributed by atoms with Crippen LogP contribution >= 0.6 is 0 Å². The lowest BCUT2D eigenvalue weighted by molar-refractivity contribution is -0.123. The molecular formula is C22H27FN2O4S. The van der Waals surface area contributed by atoms with Gasteiger partial charge in [-0.2, -0.15) is 0 Å². The second-order valence-electron chi connectivity index (χ2n) is 8.35. The Morgan fingerprint density at radius 2 is 1.93 bits per heavy atom. The minimum absolute atomic E-state index is 0.161. The van der Waals surface area contributed by atoms with E-state index < -0.39 is 33.4 Å². The van der Waals surface area contributed by atoms with Crippen LogP contribution in [0.4, 0.5) is 10.1 Å². The molecule has 0 saturated carbocycles. The zero-order valence-electron chi connectivity index (χ0n) is 17.8. The number of sulfonamides is 1. The van der Waals surface area contributed by atoms with Gasteiger partial charge in [0.1, 0.15) is 23.2 Å². The summed E-state index contributed by atoms with van der Waals surface area (Å²) in [4.78, 5) is 13.1. The predicted octanol–water partition coefficient (Wildman–Crippen LogP) is 3.71. The number of aryl methyl sites for hydroxylation is 1. The highest BCUT2D eigenvalue weighted by Crippen LogP contribution is 2.40. The van der Waals surface area contributed by atoms with Gasteiger partial charge in [0.05, 0.1) is 18.0 Å². The standard InChI is InChI=1S/C22H27FN2O4S/c1-14-10-11-16-18(13-22(3,4)29-20(16)12-14)24-21(26)15(2)25(30(5,27)28)19-9-7-6-8-17(19)23/h6-12,15,18H,13H2,1-5H3,(H,24,26)/t15-,18-/m1/s1. The van der Waals surface area contributed by atoms with Crippen LogP contribution in [-0.4, -0.2) is 32.2 Å². The quantitative estimate of drug-likeness (QED) is 0.779. The summed E-state index contributed by atoms with van der Waals surface area (Å²) in [6, 6.07) is 9.76. The van der Waals surface area contributed by atoms with Crippen molar-refractivity contribution < 1.29 is 22.3 Å². The molecule has 0 bridgehead atoms. The third-order valence-corrected chi connectivity index (χ3v) is 6.35. The van der Waals surface area contributed by atoms with Gasteiger partial charge in [-0.15, -0.1) is 0 Å². The average Bonchev–Trinajstić information content (AvgIpc) is 2.61. The number of fused-ring (bicyclic) bond motifs is 1. The van der Waals surface area contributed by atoms with Crippen molar-refractivity contribution in [3.63, 3.8) is 0 Å². The van der Waals surface area contributed by atoms with E-state index in [1.165, 1.54) is 25.1 Å². The highest BCUT2D eigenvalue weighted by atomic mass is 32.2. The number of amides is 1. The van der Waals surface area contributed by atoms with Gasteiger partial charge in [0, 0.05) is 12.0 Å². The average molecular weight is 435 g/mol. The van der Waals surface area contributed by atoms with E-state index in [-0.39, 0.29) is 11.7 Å². The first-order valence-electron chi connectivity index (χ1n) is 9.73. The first-order valence-corrected chi connectivity index (χ1v) is 11.6. The number of hydrogen-bond acceptors (Lipinski definition) is 4. The maximum Gasteiger partial charge on any atom is 0.244 e. The van der Waals surface area contributed by atoms with Crippen molar-refractivity contribution in [2.75, 3.05) is 10.6 Å². The number of rotatable bonds is 5. The number of carbonyl (C=O) groups is 1. The van der Waals surface area contributed by atoms with E-state index in [9.17, 15) is 17.6 Å². The zero-order valence-corrected chi connectivity index (χ0v) is 18.6. The van der Waals surface area contributed by atoms with Crippen LogP contribution in [0.1, 0.15) is 44.4 Å². The van der Waals surface area contributed by atoms with Crippen molar-refractivity contribution in [3.8, 4) is 5.75 Å². The van der Waals surface area contributed by atoms with E-state index in [0.29, 0.717) is 12.2 Å². The minimum atomic E-state index is -3.91. The minimum Gasteiger partial charge on any atom is -0.487 e. The number of ether oxygens (including phenoxy) is 1. The number of anilines is 1. The summed E-state index contributed by atoms with van der Waals surface area (Å²) < 4.78 is 46.0. The monoisotopic (exact) mass is 434 g/mol. The fraction of sp³-hybridized carbons (Fsp3) is 0.409. The molecule has 2 atom stereocenters. The maximum atomic E-state index is 14.3. The van der Waals surface area contributed by atoms with E-state index in [2.05, 4.69) is 5.32 Å². The van der Waals surface area contributed by atoms with Crippen LogP contribution in [0.2, 0.25) is 0 Å². The van der Waals surface area contributed by atoms with Gasteiger partial charge >= 0.3 is 0 Å². The molecule has 0 aromatic heterocycles. The van der Waals surface area contributed by atoms with Crippen molar-refractivity contribution >= 4 is 21.6 Å². The fourth-order valence-corrected chi connectivity index (χ4v) is 4.97. The number of halogens is 1. The Balaban J connectivity index is 1.92. The Bertz CT molecular complexity index is 1070. The third kappa shape index (κ3) is 4.59. The lowest BCUT2D eigenvalue weighted by Crippen LogP contribution is -2.50. The Kier molecular flexibility index (Phi) is 5.82. The molecular weight excluding hydrogens is 407 g/mol. The summed E-state index contributed by atoms with van der Waals surface area (Å²) in [5.41, 5.74) is 1.19. The van der Waals surface area contributed by atoms with Crippen LogP contribution in [0.15, 0.2) is 42.5 Å². The van der Waals surface area contributed by atoms with Gasteiger partial charge in [-0.05, 0) is 51.5 Å². The summed E-state index contributed by atoms with van der Waals surface area (Å²) in [5, 5.41) is 2.94. The van der Waals surface area contributed by atoms with E-state index in [1.807, 2.05) is 39.0 Å². The van der Waals surface area contributed by atoms with Gasteiger partial charge < -0.3 is 10.1 Å². The van der Waals surface area contributed by atoms with Crippen LogP contribution in [0.25, 0.3) is 0 Å². The molecule has 1 heterocycles. The highest BCUT2D eigenvalue weighted by Gasteiger charge is 2.37. The van der Waals surface area contributed by atoms with E-state index in [4.69, 9.17) is 4.74 Å². The smallest absolute Gasteiger partial charge is 0.244 e. The van der Waals surface area contributed by atoms with Gasteiger partial charge in [-0.25, -0.2) is 12.8 Å². The van der Waals surface area contributed by atoms with Crippen molar-refractivity contribution in [3.05, 3.63) is 59.4 Å². The summed E-state index contributed by atoms with van der Waals surface area (Å²) in [5.74, 6) is -0.535. The van der Waals surface area contributed by atoms with Gasteiger partial charge in [0.2, 0.25) is 15.9 Å². The molecule has 162 valence electrons. The largest absolute Gasteiger partial charge is 0.487 e. The van der Waals surface area contributed by atoms with Crippen molar-refractivity contribution in [2.45, 2.75) is 51.8 Å². The number of carbonyl (C=O) groups excluding carboxylic acids is 1. The summed E-state index contributed by atoms with van der Waals surface area (Å²) in [7, 11) is -3.91. The molecule has 8 heteroatoms. The number of nitrogens with zero attached hydrogens (tertiary/aromatic N) is 1. The normalized spacial score (nSPS) is 18.7. The maximum absolute atomic E-state index is 14.3. The predicted molar refractivity (Wildman–Crippen MR) is 115 cm³/mol. The lowest BCUT2D eigenvalue weighted by Gasteiger charge is -2.39. The Morgan fingerprint density at radius 1 is 1.27 bits per heavy atom. The fourth-order valence-electron chi connectivity index (χ4n) is 3.79. The lowest BCUT2D eigenvalue weighted by atomic mass is 9.89. The Morgan fingerprint density at radius 3 is 2.57 bits per heavy atom. The second-order valence-corrected chi connectivity index (χ2v) is 10.2. The second kappa shape index (κ2) is 7.91. The molecule has 0 saturated heterocycles. The highest BCUT2D eigenvalue weighted by molar-refractivity contribution is 7.92. The van der Waals surface area contributed by atoms with Crippen LogP contribution in [0.3, 0.4) is 0 Å². The van der Waals surface area contributed by atoms with E-state index in [0.717, 1.165) is 27.8 Å². The van der Waals surface area contributed by atoms with Crippen molar-refractivity contribution in [1.82, 2.24) is 5.32 Å². The van der Waals surface area contributed by atoms with Gasteiger partial charge in [-0.3, -0.25) is 9.10 Å². The van der Waals surface area contributed by atoms with E-state index >= 15 is 0 Å². The molecule has 0 unspecified atom stereocenters. The molecule has 1 N–H and O–H groups in total. The molecule has 2 aromatic carbocycles. The molecule has 6 nitrogen and oxygen atoms in total. The molecule has 1 aliphatic rings. The van der Waals surface area contributed by atoms with Crippen LogP contribution < -0.4 is 14.4 Å². The first-order chi connectivity index (χ1) is 13.9. The van der Waals surface area contributed by atoms with Crippen LogP contribution in [0.5, 0.6) is 5.75 Å². The summed E-state index contributed by atoms with van der Waals surface area (Å²) >= 11 is 0. The van der Waals surface area contributed by atoms with Gasteiger partial charge in [-0.1, -0.05) is 24.3 Å². The Hall–Kier alpha value is -2.61. The van der Waals surface area contributed by atoms with Gasteiger partial charge in [0.15, 0.2) is 0 Å². The molecule has 0 radical (unpaired) electrons. The number of para-hydroxylation sites is 1. The number of hydrogen-bond donors (Lipinski definition) is 1. The SMILES string of the molecule is Cc1ccc2c(c1)OC(C)(C)C[C@H]2NC(=O)[C@@H](C)N(c1ccccc1F)S(C)(=O)=O. The van der Waals surface area contributed by atoms with Crippen molar-refractivity contribution in [1.29, 1.82) is 0 Å². The molecule has 2 aromatic rings. The first kappa shape index (κ1) is 22.1. The summed E-state index contributed by atoms with van der Waals surface area (Å²) in [6.07, 6.45) is 1.47. The molecule has 30 heavy (non-hydrogen) atoms. The molecule has 0 spiro atoms. The third-order valence-electron chi connectivity index (χ3n) is 5.12. The Labute approximate surface area is 177 Å². The van der Waals surface area contributed by atoms with Crippen LogP contribution in [-0.2, 0) is 14.8 Å². The molecule has 1 amide bonds.